The van der Waals surface area contributed by atoms with Crippen molar-refractivity contribution in [3.63, 3.8) is 0 Å². The number of amides is 1. The molecule has 65 heavy (non-hydrogen) atoms. The Hall–Kier alpha value is -1.66. The number of rotatable bonds is 54. The topological polar surface area (TPSA) is 95.9 Å². The molecule has 0 spiro atoms. The molecule has 0 aromatic carbocycles. The first kappa shape index (κ1) is 63.3. The van der Waals surface area contributed by atoms with Gasteiger partial charge in [-0.25, -0.2) is 0 Å². The average molecular weight is 917 g/mol. The zero-order chi connectivity index (χ0) is 47.2. The molecule has 0 heterocycles. The molecule has 384 valence electrons. The maximum atomic E-state index is 12.5. The number of allylic oxidation sites excluding steroid dienone is 3. The molecular formula is C59H113NO5. The summed E-state index contributed by atoms with van der Waals surface area (Å²) in [7, 11) is 0. The SMILES string of the molecule is CCCCCCCCCCCCCCCCCC/C=C/C(O)C(CO)NC(=O)CCCCCCC/C=C\CCCCCCCCCOC(=O)CCCCCCCCCCCCCCCC. The summed E-state index contributed by atoms with van der Waals surface area (Å²) >= 11 is 0. The van der Waals surface area contributed by atoms with Crippen LogP contribution in [0.25, 0.3) is 0 Å². The van der Waals surface area contributed by atoms with Gasteiger partial charge in [0.1, 0.15) is 0 Å². The molecule has 6 heteroatoms. The first-order valence-corrected chi connectivity index (χ1v) is 29.1. The van der Waals surface area contributed by atoms with Crippen molar-refractivity contribution in [1.82, 2.24) is 5.32 Å². The molecule has 0 aromatic rings. The van der Waals surface area contributed by atoms with E-state index in [-0.39, 0.29) is 18.5 Å². The van der Waals surface area contributed by atoms with Crippen LogP contribution in [0.2, 0.25) is 0 Å². The summed E-state index contributed by atoms with van der Waals surface area (Å²) in [4.78, 5) is 24.5. The number of nitrogens with one attached hydrogen (secondary N) is 1. The zero-order valence-corrected chi connectivity index (χ0v) is 43.7. The molecular weight excluding hydrogens is 803 g/mol. The number of hydrogen-bond donors (Lipinski definition) is 3. The van der Waals surface area contributed by atoms with Crippen LogP contribution in [0, 0.1) is 0 Å². The maximum absolute atomic E-state index is 12.5. The summed E-state index contributed by atoms with van der Waals surface area (Å²) in [5, 5.41) is 23.1. The second kappa shape index (κ2) is 54.9. The lowest BCUT2D eigenvalue weighted by Gasteiger charge is -2.20. The predicted octanol–water partition coefficient (Wildman–Crippen LogP) is 17.9. The molecule has 0 fully saturated rings. The summed E-state index contributed by atoms with van der Waals surface area (Å²) in [6.07, 6.45) is 66.2. The molecule has 1 amide bonds. The van der Waals surface area contributed by atoms with E-state index in [1.807, 2.05) is 6.08 Å². The molecule has 0 radical (unpaired) electrons. The Bertz CT molecular complexity index is 1010. The van der Waals surface area contributed by atoms with Gasteiger partial charge in [0.25, 0.3) is 0 Å². The van der Waals surface area contributed by atoms with Gasteiger partial charge >= 0.3 is 5.97 Å². The van der Waals surface area contributed by atoms with Crippen LogP contribution in [0.5, 0.6) is 0 Å². The highest BCUT2D eigenvalue weighted by atomic mass is 16.5. The standard InChI is InChI=1S/C59H113NO5/c1-3-5-7-9-11-13-15-17-19-20-21-24-27-31-35-39-43-47-51-57(62)56(55-61)60-58(63)52-48-44-40-36-32-28-25-22-23-26-30-34-38-42-46-50-54-65-59(64)53-49-45-41-37-33-29-18-16-14-12-10-8-6-4-2/h22,25,47,51,56-57,61-62H,3-21,23-24,26-46,48-50,52-55H2,1-2H3,(H,60,63)/b25-22-,51-47+. The van der Waals surface area contributed by atoms with Crippen molar-refractivity contribution in [2.24, 2.45) is 0 Å². The molecule has 0 saturated heterocycles. The lowest BCUT2D eigenvalue weighted by molar-refractivity contribution is -0.143. The first-order valence-electron chi connectivity index (χ1n) is 29.1. The molecule has 0 saturated carbocycles. The van der Waals surface area contributed by atoms with Crippen molar-refractivity contribution < 1.29 is 24.5 Å². The van der Waals surface area contributed by atoms with E-state index in [1.165, 1.54) is 225 Å². The molecule has 0 aliphatic heterocycles. The fraction of sp³-hybridized carbons (Fsp3) is 0.898. The van der Waals surface area contributed by atoms with Gasteiger partial charge in [0.2, 0.25) is 5.91 Å². The van der Waals surface area contributed by atoms with Crippen molar-refractivity contribution in [3.8, 4) is 0 Å². The Balaban J connectivity index is 3.49. The number of ether oxygens (including phenoxy) is 1. The number of aliphatic hydroxyl groups is 2. The van der Waals surface area contributed by atoms with Gasteiger partial charge in [-0.05, 0) is 57.8 Å². The summed E-state index contributed by atoms with van der Waals surface area (Å²) in [6, 6.07) is -0.640. The molecule has 0 aliphatic rings. The number of esters is 1. The zero-order valence-electron chi connectivity index (χ0n) is 43.7. The minimum atomic E-state index is -0.855. The van der Waals surface area contributed by atoms with Crippen LogP contribution in [0.4, 0.5) is 0 Å². The molecule has 0 aromatic heterocycles. The number of carbonyl (C=O) groups excluding carboxylic acids is 2. The lowest BCUT2D eigenvalue weighted by Crippen LogP contribution is -2.45. The summed E-state index contributed by atoms with van der Waals surface area (Å²) < 4.78 is 5.47. The quantitative estimate of drug-likeness (QED) is 0.0321. The second-order valence-corrected chi connectivity index (χ2v) is 20.0. The van der Waals surface area contributed by atoms with Gasteiger partial charge in [-0.3, -0.25) is 9.59 Å². The molecule has 3 N–H and O–H groups in total. The molecule has 6 nitrogen and oxygen atoms in total. The highest BCUT2D eigenvalue weighted by Gasteiger charge is 2.18. The molecule has 0 rings (SSSR count). The fourth-order valence-corrected chi connectivity index (χ4v) is 8.98. The maximum Gasteiger partial charge on any atom is 0.305 e. The number of aliphatic hydroxyl groups excluding tert-OH is 2. The molecule has 0 bridgehead atoms. The minimum Gasteiger partial charge on any atom is -0.466 e. The highest BCUT2D eigenvalue weighted by molar-refractivity contribution is 5.76. The van der Waals surface area contributed by atoms with Crippen molar-refractivity contribution in [3.05, 3.63) is 24.3 Å². The van der Waals surface area contributed by atoms with Gasteiger partial charge in [0.15, 0.2) is 0 Å². The number of carbonyl (C=O) groups is 2. The number of unbranched alkanes of at least 4 members (excludes halogenated alkanes) is 41. The van der Waals surface area contributed by atoms with Crippen LogP contribution in [0.15, 0.2) is 24.3 Å². The van der Waals surface area contributed by atoms with Gasteiger partial charge in [-0.15, -0.1) is 0 Å². The van der Waals surface area contributed by atoms with Gasteiger partial charge in [0.05, 0.1) is 25.4 Å². The summed E-state index contributed by atoms with van der Waals surface area (Å²) in [6.45, 7) is 4.90. The van der Waals surface area contributed by atoms with E-state index in [9.17, 15) is 19.8 Å². The third-order valence-corrected chi connectivity index (χ3v) is 13.5. The average Bonchev–Trinajstić information content (AvgIpc) is 3.31. The van der Waals surface area contributed by atoms with Crippen molar-refractivity contribution >= 4 is 11.9 Å². The normalized spacial score (nSPS) is 12.7. The highest BCUT2D eigenvalue weighted by Crippen LogP contribution is 2.17. The summed E-state index contributed by atoms with van der Waals surface area (Å²) in [5.74, 6) is -0.0843. The van der Waals surface area contributed by atoms with Crippen LogP contribution in [-0.4, -0.2) is 47.4 Å². The largest absolute Gasteiger partial charge is 0.466 e. The van der Waals surface area contributed by atoms with Gasteiger partial charge < -0.3 is 20.3 Å². The van der Waals surface area contributed by atoms with Crippen LogP contribution in [-0.2, 0) is 14.3 Å². The third-order valence-electron chi connectivity index (χ3n) is 13.5. The predicted molar refractivity (Wildman–Crippen MR) is 283 cm³/mol. The van der Waals surface area contributed by atoms with E-state index >= 15 is 0 Å². The van der Waals surface area contributed by atoms with Gasteiger partial charge in [0, 0.05) is 12.8 Å². The Morgan fingerprint density at radius 3 is 1.09 bits per heavy atom. The van der Waals surface area contributed by atoms with E-state index < -0.39 is 12.1 Å². The van der Waals surface area contributed by atoms with Gasteiger partial charge in [-0.1, -0.05) is 269 Å². The Labute approximate surface area is 405 Å². The van der Waals surface area contributed by atoms with E-state index in [0.29, 0.717) is 19.4 Å². The first-order chi connectivity index (χ1) is 32.0. The monoisotopic (exact) mass is 916 g/mol. The van der Waals surface area contributed by atoms with E-state index in [2.05, 4.69) is 31.3 Å². The van der Waals surface area contributed by atoms with Crippen molar-refractivity contribution in [2.75, 3.05) is 13.2 Å². The smallest absolute Gasteiger partial charge is 0.305 e. The van der Waals surface area contributed by atoms with E-state index in [4.69, 9.17) is 4.74 Å². The number of hydrogen-bond acceptors (Lipinski definition) is 5. The fourth-order valence-electron chi connectivity index (χ4n) is 8.98. The third kappa shape index (κ3) is 51.6. The second-order valence-electron chi connectivity index (χ2n) is 20.0. The van der Waals surface area contributed by atoms with E-state index in [0.717, 1.165) is 64.2 Å². The van der Waals surface area contributed by atoms with Crippen LogP contribution >= 0.6 is 0 Å². The molecule has 2 atom stereocenters. The Morgan fingerprint density at radius 2 is 0.723 bits per heavy atom. The molecule has 2 unspecified atom stereocenters. The van der Waals surface area contributed by atoms with Crippen LogP contribution in [0.3, 0.4) is 0 Å². The van der Waals surface area contributed by atoms with Crippen LogP contribution < -0.4 is 5.32 Å². The minimum absolute atomic E-state index is 0.00135. The Kier molecular flexibility index (Phi) is 53.5. The Morgan fingerprint density at radius 1 is 0.415 bits per heavy atom. The summed E-state index contributed by atoms with van der Waals surface area (Å²) in [5.41, 5.74) is 0. The van der Waals surface area contributed by atoms with Crippen molar-refractivity contribution in [2.45, 2.75) is 328 Å². The lowest BCUT2D eigenvalue weighted by atomic mass is 10.0. The molecule has 0 aliphatic carbocycles. The van der Waals surface area contributed by atoms with Gasteiger partial charge in [-0.2, -0.15) is 0 Å². The van der Waals surface area contributed by atoms with Crippen LogP contribution in [0.1, 0.15) is 316 Å². The van der Waals surface area contributed by atoms with Crippen molar-refractivity contribution in [1.29, 1.82) is 0 Å². The van der Waals surface area contributed by atoms with E-state index in [1.54, 1.807) is 6.08 Å².